The van der Waals surface area contributed by atoms with Gasteiger partial charge in [0.1, 0.15) is 24.4 Å². The fraction of sp³-hybridized carbons (Fsp3) is 0.417. The minimum atomic E-state index is -0.981. The third kappa shape index (κ3) is 6.62. The summed E-state index contributed by atoms with van der Waals surface area (Å²) in [5.41, 5.74) is 1.93. The quantitative estimate of drug-likeness (QED) is 0.566. The molecule has 0 radical (unpaired) electrons. The van der Waals surface area contributed by atoms with Gasteiger partial charge in [0.2, 0.25) is 6.29 Å². The van der Waals surface area contributed by atoms with Crippen LogP contribution in [0.5, 0.6) is 0 Å². The van der Waals surface area contributed by atoms with Crippen LogP contribution in [0.15, 0.2) is 60.7 Å². The lowest BCUT2D eigenvalue weighted by molar-refractivity contribution is -0.199. The van der Waals surface area contributed by atoms with Gasteiger partial charge in [-0.25, -0.2) is 0 Å². The van der Waals surface area contributed by atoms with E-state index in [1.807, 2.05) is 60.7 Å². The molecule has 5 atom stereocenters. The number of rotatable bonds is 9. The molecule has 1 aliphatic heterocycles. The molecule has 0 spiro atoms. The van der Waals surface area contributed by atoms with Crippen LogP contribution in [0.3, 0.4) is 0 Å². The van der Waals surface area contributed by atoms with Crippen LogP contribution in [0.1, 0.15) is 31.9 Å². The van der Waals surface area contributed by atoms with Crippen molar-refractivity contribution in [1.82, 2.24) is 0 Å². The molecule has 31 heavy (non-hydrogen) atoms. The molecule has 0 unspecified atom stereocenters. The summed E-state index contributed by atoms with van der Waals surface area (Å²) in [5, 5.41) is 0. The third-order valence-corrected chi connectivity index (χ3v) is 4.87. The number of hydrogen-bond acceptors (Lipinski definition) is 7. The monoisotopic (exact) mass is 428 g/mol. The molecule has 166 valence electrons. The molecule has 0 N–H and O–H groups in total. The van der Waals surface area contributed by atoms with Gasteiger partial charge in [-0.05, 0) is 18.1 Å². The topological polar surface area (TPSA) is 80.3 Å². The largest absolute Gasteiger partial charge is 0.460 e. The van der Waals surface area contributed by atoms with Crippen molar-refractivity contribution in [3.8, 4) is 0 Å². The van der Waals surface area contributed by atoms with Crippen molar-refractivity contribution in [2.24, 2.45) is 0 Å². The number of ether oxygens (including phenoxy) is 5. The van der Waals surface area contributed by atoms with Crippen molar-refractivity contribution >= 4 is 11.9 Å². The van der Waals surface area contributed by atoms with Gasteiger partial charge in [-0.1, -0.05) is 60.7 Å². The number of carbonyl (C=O) groups excluding carboxylic acids is 2. The molecule has 0 aromatic heterocycles. The number of hydrogen-bond donors (Lipinski definition) is 0. The van der Waals surface area contributed by atoms with Crippen molar-refractivity contribution in [1.29, 1.82) is 0 Å². The van der Waals surface area contributed by atoms with E-state index in [4.69, 9.17) is 23.7 Å². The molecule has 7 nitrogen and oxygen atoms in total. The van der Waals surface area contributed by atoms with Crippen LogP contribution in [0.2, 0.25) is 0 Å². The maximum absolute atomic E-state index is 11.7. The lowest BCUT2D eigenvalue weighted by atomic mass is 10.1. The summed E-state index contributed by atoms with van der Waals surface area (Å²) in [6.07, 6.45) is -3.59. The maximum Gasteiger partial charge on any atom is 0.305 e. The highest BCUT2D eigenvalue weighted by atomic mass is 16.7. The predicted octanol–water partition coefficient (Wildman–Crippen LogP) is 3.40. The fourth-order valence-corrected chi connectivity index (χ4v) is 3.51. The molecule has 0 aliphatic carbocycles. The third-order valence-electron chi connectivity index (χ3n) is 4.87. The fourth-order valence-electron chi connectivity index (χ4n) is 3.51. The normalized spacial score (nSPS) is 23.8. The summed E-state index contributed by atoms with van der Waals surface area (Å²) >= 11 is 0. The van der Waals surface area contributed by atoms with Gasteiger partial charge in [-0.2, -0.15) is 0 Å². The van der Waals surface area contributed by atoms with Crippen LogP contribution < -0.4 is 0 Å². The number of benzene rings is 2. The van der Waals surface area contributed by atoms with Gasteiger partial charge in [-0.15, -0.1) is 0 Å². The van der Waals surface area contributed by atoms with E-state index in [0.717, 1.165) is 11.1 Å². The summed E-state index contributed by atoms with van der Waals surface area (Å²) in [7, 11) is 0. The first-order valence-corrected chi connectivity index (χ1v) is 10.2. The summed E-state index contributed by atoms with van der Waals surface area (Å²) in [6, 6.07) is 19.3. The molecule has 1 aliphatic rings. The van der Waals surface area contributed by atoms with Crippen molar-refractivity contribution in [2.45, 2.75) is 64.7 Å². The molecule has 2 aromatic carbocycles. The van der Waals surface area contributed by atoms with Gasteiger partial charge in [0, 0.05) is 13.8 Å². The molecular weight excluding hydrogens is 400 g/mol. The zero-order valence-electron chi connectivity index (χ0n) is 17.9. The zero-order valence-corrected chi connectivity index (χ0v) is 17.9. The molecule has 1 saturated heterocycles. The summed E-state index contributed by atoms with van der Waals surface area (Å²) in [4.78, 5) is 23.2. The van der Waals surface area contributed by atoms with E-state index in [-0.39, 0.29) is 6.61 Å². The predicted molar refractivity (Wildman–Crippen MR) is 112 cm³/mol. The Balaban J connectivity index is 1.81. The van der Waals surface area contributed by atoms with Crippen LogP contribution in [-0.4, -0.2) is 42.6 Å². The van der Waals surface area contributed by atoms with Crippen molar-refractivity contribution < 1.29 is 33.3 Å². The van der Waals surface area contributed by atoms with Gasteiger partial charge in [0.05, 0.1) is 13.2 Å². The van der Waals surface area contributed by atoms with E-state index in [0.29, 0.717) is 6.61 Å². The van der Waals surface area contributed by atoms with Gasteiger partial charge >= 0.3 is 11.9 Å². The highest BCUT2D eigenvalue weighted by molar-refractivity contribution is 5.66. The minimum Gasteiger partial charge on any atom is -0.460 e. The summed E-state index contributed by atoms with van der Waals surface area (Å²) in [6.45, 7) is 4.94. The first-order valence-electron chi connectivity index (χ1n) is 10.2. The first kappa shape index (κ1) is 22.9. The summed E-state index contributed by atoms with van der Waals surface area (Å²) in [5.74, 6) is -0.934. The second-order valence-electron chi connectivity index (χ2n) is 7.42. The van der Waals surface area contributed by atoms with Crippen LogP contribution in [0, 0.1) is 0 Å². The smallest absolute Gasteiger partial charge is 0.305 e. The second kappa shape index (κ2) is 11.0. The van der Waals surface area contributed by atoms with Crippen molar-refractivity contribution in [3.05, 3.63) is 71.8 Å². The Morgan fingerprint density at radius 1 is 0.839 bits per heavy atom. The number of carbonyl (C=O) groups is 2. The molecule has 1 fully saturated rings. The highest BCUT2D eigenvalue weighted by Gasteiger charge is 2.51. The van der Waals surface area contributed by atoms with Gasteiger partial charge in [0.15, 0.2) is 0 Å². The zero-order chi connectivity index (χ0) is 22.2. The summed E-state index contributed by atoms with van der Waals surface area (Å²) < 4.78 is 29.0. The Hall–Kier alpha value is -2.74. The average molecular weight is 428 g/mol. The van der Waals surface area contributed by atoms with E-state index in [1.54, 1.807) is 6.92 Å². The van der Waals surface area contributed by atoms with Crippen molar-refractivity contribution in [3.63, 3.8) is 0 Å². The van der Waals surface area contributed by atoms with E-state index >= 15 is 0 Å². The van der Waals surface area contributed by atoms with E-state index < -0.39 is 42.6 Å². The Bertz CT molecular complexity index is 840. The standard InChI is InChI=1S/C24H28O7/c1-16(29-17(2)25)21-22(27-14-19-10-6-4-7-11-19)23(24(31-21)30-18(3)26)28-15-20-12-8-5-9-13-20/h4-13,16,21-24H,14-15H2,1-3H3/t16-,21-,22+,23-,24+/m1/s1. The highest BCUT2D eigenvalue weighted by Crippen LogP contribution is 2.32. The van der Waals surface area contributed by atoms with E-state index in [1.165, 1.54) is 13.8 Å². The van der Waals surface area contributed by atoms with E-state index in [9.17, 15) is 9.59 Å². The molecule has 3 rings (SSSR count). The average Bonchev–Trinajstić information content (AvgIpc) is 3.08. The van der Waals surface area contributed by atoms with Crippen LogP contribution in [0.25, 0.3) is 0 Å². The van der Waals surface area contributed by atoms with E-state index in [2.05, 4.69) is 0 Å². The number of esters is 2. The molecular formula is C24H28O7. The van der Waals surface area contributed by atoms with Gasteiger partial charge in [0.25, 0.3) is 0 Å². The molecule has 7 heteroatoms. The van der Waals surface area contributed by atoms with Gasteiger partial charge in [-0.3, -0.25) is 9.59 Å². The first-order chi connectivity index (χ1) is 14.9. The minimum absolute atomic E-state index is 0.284. The second-order valence-corrected chi connectivity index (χ2v) is 7.42. The Morgan fingerprint density at radius 2 is 1.35 bits per heavy atom. The molecule has 0 amide bonds. The lowest BCUT2D eigenvalue weighted by Gasteiger charge is -2.26. The van der Waals surface area contributed by atoms with Crippen LogP contribution in [-0.2, 0) is 46.5 Å². The molecule has 1 heterocycles. The van der Waals surface area contributed by atoms with Crippen LogP contribution in [0.4, 0.5) is 0 Å². The lowest BCUT2D eigenvalue weighted by Crippen LogP contribution is -2.42. The van der Waals surface area contributed by atoms with Gasteiger partial charge < -0.3 is 23.7 Å². The molecule has 2 aromatic rings. The van der Waals surface area contributed by atoms with Crippen LogP contribution >= 0.6 is 0 Å². The molecule has 0 bridgehead atoms. The molecule has 0 saturated carbocycles. The van der Waals surface area contributed by atoms with Crippen molar-refractivity contribution in [2.75, 3.05) is 0 Å². The Kier molecular flexibility index (Phi) is 8.17. The Labute approximate surface area is 182 Å². The SMILES string of the molecule is CC(=O)O[C@H]1O[C@H]([C@@H](C)OC(C)=O)[C@H](OCc2ccccc2)[C@H]1OCc1ccccc1. The Morgan fingerprint density at radius 3 is 1.84 bits per heavy atom. The maximum atomic E-state index is 11.7.